The first-order valence-corrected chi connectivity index (χ1v) is 12.6. The summed E-state index contributed by atoms with van der Waals surface area (Å²) in [6.45, 7) is 1.95. The third kappa shape index (κ3) is 3.96. The van der Waals surface area contributed by atoms with Gasteiger partial charge in [0.2, 0.25) is 10.0 Å². The van der Waals surface area contributed by atoms with Crippen molar-refractivity contribution in [2.45, 2.75) is 49.5 Å². The van der Waals surface area contributed by atoms with Crippen LogP contribution in [0.15, 0.2) is 77.7 Å². The Labute approximate surface area is 189 Å². The summed E-state index contributed by atoms with van der Waals surface area (Å²) in [7, 11) is -3.68. The van der Waals surface area contributed by atoms with Crippen LogP contribution in [0, 0.1) is 6.92 Å². The van der Waals surface area contributed by atoms with E-state index >= 15 is 0 Å². The molecule has 164 valence electrons. The summed E-state index contributed by atoms with van der Waals surface area (Å²) in [4.78, 5) is 8.60. The maximum Gasteiger partial charge on any atom is 0.241 e. The highest BCUT2D eigenvalue weighted by Crippen LogP contribution is 2.38. The molecule has 0 saturated heterocycles. The number of rotatable bonds is 5. The van der Waals surface area contributed by atoms with Gasteiger partial charge in [-0.3, -0.25) is 0 Å². The molecule has 6 heteroatoms. The zero-order valence-corrected chi connectivity index (χ0v) is 19.0. The summed E-state index contributed by atoms with van der Waals surface area (Å²) in [5, 5.41) is 0. The van der Waals surface area contributed by atoms with E-state index in [-0.39, 0.29) is 4.90 Å². The van der Waals surface area contributed by atoms with Crippen molar-refractivity contribution in [3.63, 3.8) is 0 Å². The SMILES string of the molecule is Cc1ccc(S(=O)(=O)NC2(c3nc4ccc(-c5ccccc5)cc4[nH]3)CCCCC2)cc1. The number of hydrogen-bond donors (Lipinski definition) is 2. The van der Waals surface area contributed by atoms with Crippen LogP contribution in [0.2, 0.25) is 0 Å². The lowest BCUT2D eigenvalue weighted by Crippen LogP contribution is -2.47. The molecule has 0 atom stereocenters. The number of nitrogens with zero attached hydrogens (tertiary/aromatic N) is 1. The van der Waals surface area contributed by atoms with Gasteiger partial charge in [0.15, 0.2) is 0 Å². The summed E-state index contributed by atoms with van der Waals surface area (Å²) in [6.07, 6.45) is 4.48. The van der Waals surface area contributed by atoms with Gasteiger partial charge < -0.3 is 4.98 Å². The molecule has 1 aromatic heterocycles. The zero-order chi connectivity index (χ0) is 22.2. The fourth-order valence-electron chi connectivity index (χ4n) is 4.62. The Hall–Kier alpha value is -2.96. The fraction of sp³-hybridized carbons (Fsp3) is 0.269. The van der Waals surface area contributed by atoms with Crippen LogP contribution in [0.3, 0.4) is 0 Å². The Morgan fingerprint density at radius 1 is 0.875 bits per heavy atom. The molecule has 32 heavy (non-hydrogen) atoms. The molecule has 0 radical (unpaired) electrons. The summed E-state index contributed by atoms with van der Waals surface area (Å²) in [5.41, 5.74) is 4.31. The molecule has 1 fully saturated rings. The van der Waals surface area contributed by atoms with Gasteiger partial charge in [0.25, 0.3) is 0 Å². The average Bonchev–Trinajstić information content (AvgIpc) is 3.25. The Kier molecular flexibility index (Phi) is 5.35. The molecular weight excluding hydrogens is 418 g/mol. The van der Waals surface area contributed by atoms with Gasteiger partial charge in [0.1, 0.15) is 5.82 Å². The molecule has 5 nitrogen and oxygen atoms in total. The van der Waals surface area contributed by atoms with Gasteiger partial charge >= 0.3 is 0 Å². The second kappa shape index (κ2) is 8.19. The van der Waals surface area contributed by atoms with E-state index in [4.69, 9.17) is 4.98 Å². The maximum absolute atomic E-state index is 13.3. The number of sulfonamides is 1. The van der Waals surface area contributed by atoms with Crippen LogP contribution in [0.4, 0.5) is 0 Å². The second-order valence-electron chi connectivity index (χ2n) is 8.74. The summed E-state index contributed by atoms with van der Waals surface area (Å²) < 4.78 is 29.6. The van der Waals surface area contributed by atoms with Crippen LogP contribution >= 0.6 is 0 Å². The van der Waals surface area contributed by atoms with Crippen LogP contribution in [0.1, 0.15) is 43.5 Å². The largest absolute Gasteiger partial charge is 0.340 e. The Morgan fingerprint density at radius 3 is 2.31 bits per heavy atom. The maximum atomic E-state index is 13.3. The predicted molar refractivity (Wildman–Crippen MR) is 128 cm³/mol. The lowest BCUT2D eigenvalue weighted by atomic mass is 9.82. The second-order valence-corrected chi connectivity index (χ2v) is 10.4. The number of fused-ring (bicyclic) bond motifs is 1. The lowest BCUT2D eigenvalue weighted by Gasteiger charge is -2.36. The van der Waals surface area contributed by atoms with Crippen molar-refractivity contribution < 1.29 is 8.42 Å². The third-order valence-electron chi connectivity index (χ3n) is 6.41. The molecule has 2 N–H and O–H groups in total. The molecule has 1 saturated carbocycles. The van der Waals surface area contributed by atoms with E-state index in [0.29, 0.717) is 5.82 Å². The first kappa shape index (κ1) is 20.9. The van der Waals surface area contributed by atoms with Crippen molar-refractivity contribution in [2.24, 2.45) is 0 Å². The fourth-order valence-corrected chi connectivity index (χ4v) is 6.05. The number of aromatic amines is 1. The van der Waals surface area contributed by atoms with Gasteiger partial charge in [-0.25, -0.2) is 13.4 Å². The average molecular weight is 446 g/mol. The predicted octanol–water partition coefficient (Wildman–Crippen LogP) is 5.68. The van der Waals surface area contributed by atoms with Gasteiger partial charge in [0, 0.05) is 0 Å². The Balaban J connectivity index is 1.54. The van der Waals surface area contributed by atoms with Crippen molar-refractivity contribution in [1.29, 1.82) is 0 Å². The molecule has 4 aromatic rings. The normalized spacial score (nSPS) is 16.3. The molecule has 1 heterocycles. The van der Waals surface area contributed by atoms with Crippen molar-refractivity contribution in [3.8, 4) is 11.1 Å². The smallest absolute Gasteiger partial charge is 0.241 e. The number of hydrogen-bond acceptors (Lipinski definition) is 3. The topological polar surface area (TPSA) is 74.8 Å². The molecule has 3 aromatic carbocycles. The minimum Gasteiger partial charge on any atom is -0.340 e. The highest BCUT2D eigenvalue weighted by molar-refractivity contribution is 7.89. The van der Waals surface area contributed by atoms with E-state index in [0.717, 1.165) is 59.8 Å². The molecule has 0 aliphatic heterocycles. The van der Waals surface area contributed by atoms with E-state index in [2.05, 4.69) is 34.0 Å². The molecule has 1 aliphatic carbocycles. The van der Waals surface area contributed by atoms with Gasteiger partial charge in [-0.15, -0.1) is 0 Å². The van der Waals surface area contributed by atoms with Gasteiger partial charge in [0.05, 0.1) is 21.5 Å². The number of benzene rings is 3. The minimum absolute atomic E-state index is 0.288. The minimum atomic E-state index is -3.68. The summed E-state index contributed by atoms with van der Waals surface area (Å²) >= 11 is 0. The highest BCUT2D eigenvalue weighted by atomic mass is 32.2. The molecule has 0 unspecified atom stereocenters. The Bertz CT molecular complexity index is 1340. The molecular formula is C26H27N3O2S. The van der Waals surface area contributed by atoms with Gasteiger partial charge in [-0.05, 0) is 55.2 Å². The van der Waals surface area contributed by atoms with Crippen molar-refractivity contribution in [2.75, 3.05) is 0 Å². The van der Waals surface area contributed by atoms with Crippen LogP contribution in [-0.2, 0) is 15.6 Å². The summed E-state index contributed by atoms with van der Waals surface area (Å²) in [5.74, 6) is 0.702. The van der Waals surface area contributed by atoms with Crippen molar-refractivity contribution >= 4 is 21.1 Å². The molecule has 1 aliphatic rings. The lowest BCUT2D eigenvalue weighted by molar-refractivity contribution is 0.261. The number of imidazole rings is 1. The van der Waals surface area contributed by atoms with E-state index in [1.165, 1.54) is 0 Å². The monoisotopic (exact) mass is 445 g/mol. The van der Waals surface area contributed by atoms with Crippen LogP contribution < -0.4 is 4.72 Å². The number of nitrogens with one attached hydrogen (secondary N) is 2. The highest BCUT2D eigenvalue weighted by Gasteiger charge is 2.40. The molecule has 0 bridgehead atoms. The number of aryl methyl sites for hydroxylation is 1. The Morgan fingerprint density at radius 2 is 1.59 bits per heavy atom. The molecule has 5 rings (SSSR count). The van der Waals surface area contributed by atoms with Crippen molar-refractivity contribution in [1.82, 2.24) is 14.7 Å². The van der Waals surface area contributed by atoms with E-state index in [1.54, 1.807) is 12.1 Å². The standard InChI is InChI=1S/C26H27N3O2S/c1-19-10-13-22(14-11-19)32(30,31)29-26(16-6-3-7-17-26)25-27-23-15-12-21(18-24(23)28-25)20-8-4-2-5-9-20/h2,4-5,8-15,18,29H,3,6-7,16-17H2,1H3,(H,27,28). The van der Waals surface area contributed by atoms with Crippen molar-refractivity contribution in [3.05, 3.63) is 84.2 Å². The molecule has 0 amide bonds. The molecule has 0 spiro atoms. The number of H-pyrrole nitrogens is 1. The van der Waals surface area contributed by atoms with Crippen LogP contribution in [0.5, 0.6) is 0 Å². The van der Waals surface area contributed by atoms with Gasteiger partial charge in [-0.1, -0.05) is 73.4 Å². The quantitative estimate of drug-likeness (QED) is 0.415. The van der Waals surface area contributed by atoms with Crippen LogP contribution in [-0.4, -0.2) is 18.4 Å². The van der Waals surface area contributed by atoms with E-state index < -0.39 is 15.6 Å². The zero-order valence-electron chi connectivity index (χ0n) is 18.1. The van der Waals surface area contributed by atoms with E-state index in [9.17, 15) is 8.42 Å². The van der Waals surface area contributed by atoms with E-state index in [1.807, 2.05) is 43.3 Å². The third-order valence-corrected chi connectivity index (χ3v) is 7.96. The number of aromatic nitrogens is 2. The first-order valence-electron chi connectivity index (χ1n) is 11.1. The summed E-state index contributed by atoms with van der Waals surface area (Å²) in [6, 6.07) is 23.3. The first-order chi connectivity index (χ1) is 15.5. The van der Waals surface area contributed by atoms with Gasteiger partial charge in [-0.2, -0.15) is 4.72 Å². The van der Waals surface area contributed by atoms with Crippen LogP contribution in [0.25, 0.3) is 22.2 Å².